The summed E-state index contributed by atoms with van der Waals surface area (Å²) in [6.45, 7) is 0. The van der Waals surface area contributed by atoms with Gasteiger partial charge in [-0.05, 0) is 48.4 Å². The maximum atomic E-state index is 6.07. The Morgan fingerprint density at radius 3 is 2.88 bits per heavy atom. The molecule has 2 aliphatic carbocycles. The van der Waals surface area contributed by atoms with Crippen LogP contribution in [0.4, 0.5) is 0 Å². The molecular formula is C11H19N5S. The molecule has 0 amide bonds. The quantitative estimate of drug-likeness (QED) is 0.807. The van der Waals surface area contributed by atoms with E-state index in [9.17, 15) is 0 Å². The number of thioether (sulfide) groups is 1. The first kappa shape index (κ1) is 11.5. The van der Waals surface area contributed by atoms with Gasteiger partial charge in [-0.3, -0.25) is 0 Å². The summed E-state index contributed by atoms with van der Waals surface area (Å²) >= 11 is 1.78. The van der Waals surface area contributed by atoms with Crippen molar-refractivity contribution in [1.82, 2.24) is 20.2 Å². The highest BCUT2D eigenvalue weighted by molar-refractivity contribution is 7.99. The molecule has 1 aromatic heterocycles. The molecule has 5 nitrogen and oxygen atoms in total. The minimum absolute atomic E-state index is 0.426. The van der Waals surface area contributed by atoms with Crippen molar-refractivity contribution >= 4 is 11.8 Å². The van der Waals surface area contributed by atoms with E-state index in [2.05, 4.69) is 15.5 Å². The number of nitrogens with zero attached hydrogens (tertiary/aromatic N) is 4. The molecule has 2 N–H and O–H groups in total. The van der Waals surface area contributed by atoms with Gasteiger partial charge in [0.2, 0.25) is 5.16 Å². The predicted molar refractivity (Wildman–Crippen MR) is 66.7 cm³/mol. The first-order valence-corrected chi connectivity index (χ1v) is 7.49. The summed E-state index contributed by atoms with van der Waals surface area (Å²) in [6, 6.07) is 0.997. The normalized spacial score (nSPS) is 28.8. The summed E-state index contributed by atoms with van der Waals surface area (Å²) in [4.78, 5) is 0. The Balaban J connectivity index is 1.48. The molecule has 2 unspecified atom stereocenters. The van der Waals surface area contributed by atoms with Gasteiger partial charge in [0.15, 0.2) is 0 Å². The monoisotopic (exact) mass is 253 g/mol. The van der Waals surface area contributed by atoms with Crippen molar-refractivity contribution in [1.29, 1.82) is 0 Å². The largest absolute Gasteiger partial charge is 0.327 e. The van der Waals surface area contributed by atoms with Gasteiger partial charge in [0, 0.05) is 11.8 Å². The Bertz CT molecular complexity index is 376. The fraction of sp³-hybridized carbons (Fsp3) is 0.909. The topological polar surface area (TPSA) is 69.6 Å². The van der Waals surface area contributed by atoms with Crippen LogP contribution in [0.2, 0.25) is 0 Å². The first-order chi connectivity index (χ1) is 8.34. The highest BCUT2D eigenvalue weighted by Gasteiger charge is 2.28. The molecule has 2 aliphatic rings. The van der Waals surface area contributed by atoms with Crippen LogP contribution in [-0.4, -0.2) is 32.0 Å². The van der Waals surface area contributed by atoms with Crippen LogP contribution in [0.3, 0.4) is 0 Å². The zero-order chi connectivity index (χ0) is 11.7. The second kappa shape index (κ2) is 4.94. The zero-order valence-corrected chi connectivity index (χ0v) is 10.8. The summed E-state index contributed by atoms with van der Waals surface area (Å²) in [5.74, 6) is 1.80. The van der Waals surface area contributed by atoms with Crippen molar-refractivity contribution in [2.45, 2.75) is 55.8 Å². The Morgan fingerprint density at radius 2 is 2.18 bits per heavy atom. The lowest BCUT2D eigenvalue weighted by Gasteiger charge is -2.14. The number of tetrazole rings is 1. The van der Waals surface area contributed by atoms with Gasteiger partial charge in [-0.25, -0.2) is 4.68 Å². The van der Waals surface area contributed by atoms with E-state index in [1.54, 1.807) is 11.8 Å². The fourth-order valence-electron chi connectivity index (χ4n) is 2.55. The average Bonchev–Trinajstić information content (AvgIpc) is 2.93. The molecule has 0 radical (unpaired) electrons. The average molecular weight is 253 g/mol. The third-order valence-electron chi connectivity index (χ3n) is 3.79. The number of aromatic nitrogens is 4. The standard InChI is InChI=1S/C11H19N5S/c12-10-3-1-2-8(10)6-7-17-11-13-14-15-16(11)9-4-5-9/h8-10H,1-7,12H2. The zero-order valence-electron chi connectivity index (χ0n) is 9.96. The van der Waals surface area contributed by atoms with E-state index in [0.717, 1.165) is 10.9 Å². The van der Waals surface area contributed by atoms with Crippen LogP contribution in [-0.2, 0) is 0 Å². The lowest BCUT2D eigenvalue weighted by Crippen LogP contribution is -2.24. The molecule has 2 fully saturated rings. The molecular weight excluding hydrogens is 234 g/mol. The van der Waals surface area contributed by atoms with Crippen molar-refractivity contribution in [3.63, 3.8) is 0 Å². The number of hydrogen-bond acceptors (Lipinski definition) is 5. The minimum atomic E-state index is 0.426. The maximum Gasteiger partial charge on any atom is 0.209 e. The lowest BCUT2D eigenvalue weighted by atomic mass is 10.0. The second-order valence-electron chi connectivity index (χ2n) is 5.13. The minimum Gasteiger partial charge on any atom is -0.327 e. The molecule has 0 aromatic carbocycles. The van der Waals surface area contributed by atoms with Crippen LogP contribution < -0.4 is 5.73 Å². The number of rotatable bonds is 5. The van der Waals surface area contributed by atoms with Crippen LogP contribution in [0, 0.1) is 5.92 Å². The van der Waals surface area contributed by atoms with Crippen molar-refractivity contribution < 1.29 is 0 Å². The van der Waals surface area contributed by atoms with Gasteiger partial charge in [0.05, 0.1) is 6.04 Å². The Hall–Kier alpha value is -0.620. The highest BCUT2D eigenvalue weighted by Crippen LogP contribution is 2.37. The molecule has 1 heterocycles. The van der Waals surface area contributed by atoms with E-state index >= 15 is 0 Å². The molecule has 1 aromatic rings. The summed E-state index contributed by atoms with van der Waals surface area (Å²) < 4.78 is 1.99. The van der Waals surface area contributed by atoms with Crippen molar-refractivity contribution in [2.24, 2.45) is 11.7 Å². The number of nitrogens with two attached hydrogens (primary N) is 1. The van der Waals surface area contributed by atoms with Gasteiger partial charge in [-0.1, -0.05) is 18.2 Å². The molecule has 2 saturated carbocycles. The van der Waals surface area contributed by atoms with Gasteiger partial charge in [0.1, 0.15) is 0 Å². The molecule has 0 aliphatic heterocycles. The summed E-state index contributed by atoms with van der Waals surface area (Å²) in [6.07, 6.45) is 7.46. The van der Waals surface area contributed by atoms with E-state index in [-0.39, 0.29) is 0 Å². The van der Waals surface area contributed by atoms with E-state index in [4.69, 9.17) is 5.73 Å². The van der Waals surface area contributed by atoms with Crippen LogP contribution in [0.25, 0.3) is 0 Å². The SMILES string of the molecule is NC1CCCC1CCSc1nnnn1C1CC1. The third kappa shape index (κ3) is 2.63. The van der Waals surface area contributed by atoms with Crippen molar-refractivity contribution in [3.05, 3.63) is 0 Å². The Morgan fingerprint density at radius 1 is 1.29 bits per heavy atom. The second-order valence-corrected chi connectivity index (χ2v) is 6.19. The first-order valence-electron chi connectivity index (χ1n) is 6.51. The van der Waals surface area contributed by atoms with E-state index < -0.39 is 0 Å². The van der Waals surface area contributed by atoms with E-state index in [1.807, 2.05) is 4.68 Å². The Kier molecular flexibility index (Phi) is 3.33. The van der Waals surface area contributed by atoms with Gasteiger partial charge < -0.3 is 5.73 Å². The lowest BCUT2D eigenvalue weighted by molar-refractivity contribution is 0.469. The van der Waals surface area contributed by atoms with Crippen LogP contribution >= 0.6 is 11.8 Å². The van der Waals surface area contributed by atoms with Crippen molar-refractivity contribution in [3.8, 4) is 0 Å². The molecule has 0 bridgehead atoms. The summed E-state index contributed by atoms with van der Waals surface area (Å²) in [5, 5.41) is 12.9. The molecule has 3 rings (SSSR count). The van der Waals surface area contributed by atoms with Crippen molar-refractivity contribution in [2.75, 3.05) is 5.75 Å². The molecule has 6 heteroatoms. The van der Waals surface area contributed by atoms with Crippen LogP contribution in [0.15, 0.2) is 5.16 Å². The van der Waals surface area contributed by atoms with Gasteiger partial charge in [-0.2, -0.15) is 0 Å². The van der Waals surface area contributed by atoms with Crippen LogP contribution in [0.5, 0.6) is 0 Å². The summed E-state index contributed by atoms with van der Waals surface area (Å²) in [5.41, 5.74) is 6.07. The predicted octanol–water partition coefficient (Wildman–Crippen LogP) is 1.62. The molecule has 2 atom stereocenters. The molecule has 0 spiro atoms. The summed E-state index contributed by atoms with van der Waals surface area (Å²) in [7, 11) is 0. The maximum absolute atomic E-state index is 6.07. The third-order valence-corrected chi connectivity index (χ3v) is 4.76. The molecule has 0 saturated heterocycles. The van der Waals surface area contributed by atoms with Gasteiger partial charge in [0.25, 0.3) is 0 Å². The highest BCUT2D eigenvalue weighted by atomic mass is 32.2. The molecule has 94 valence electrons. The van der Waals surface area contributed by atoms with E-state index in [1.165, 1.54) is 38.5 Å². The van der Waals surface area contributed by atoms with E-state index in [0.29, 0.717) is 18.0 Å². The smallest absolute Gasteiger partial charge is 0.209 e. The Labute approximate surface area is 106 Å². The van der Waals surface area contributed by atoms with Gasteiger partial charge >= 0.3 is 0 Å². The van der Waals surface area contributed by atoms with Gasteiger partial charge in [-0.15, -0.1) is 5.10 Å². The number of hydrogen-bond donors (Lipinski definition) is 1. The van der Waals surface area contributed by atoms with Crippen LogP contribution in [0.1, 0.15) is 44.6 Å². The fourth-order valence-corrected chi connectivity index (χ4v) is 3.57. The molecule has 17 heavy (non-hydrogen) atoms.